The number of rotatable bonds is 10. The van der Waals surface area contributed by atoms with Gasteiger partial charge in [0.25, 0.3) is 10.0 Å². The Morgan fingerprint density at radius 3 is 2.31 bits per heavy atom. The summed E-state index contributed by atoms with van der Waals surface area (Å²) in [6, 6.07) is 10.5. The summed E-state index contributed by atoms with van der Waals surface area (Å²) < 4.78 is 51.0. The van der Waals surface area contributed by atoms with Gasteiger partial charge in [-0.1, -0.05) is 0 Å². The molecule has 0 saturated heterocycles. The summed E-state index contributed by atoms with van der Waals surface area (Å²) in [5.41, 5.74) is 0.176. The Labute approximate surface area is 170 Å². The Kier molecular flexibility index (Phi) is 7.98. The third-order valence-electron chi connectivity index (χ3n) is 3.95. The molecule has 2 aromatic carbocycles. The van der Waals surface area contributed by atoms with Crippen molar-refractivity contribution in [1.29, 1.82) is 0 Å². The molecule has 1 amide bonds. The molecule has 9 heteroatoms. The van der Waals surface area contributed by atoms with E-state index in [0.29, 0.717) is 12.4 Å². The van der Waals surface area contributed by atoms with Crippen molar-refractivity contribution in [3.63, 3.8) is 0 Å². The first-order valence-corrected chi connectivity index (χ1v) is 10.5. The topological polar surface area (TPSA) is 84.9 Å². The average Bonchev–Trinajstić information content (AvgIpc) is 2.68. The molecule has 0 saturated carbocycles. The van der Waals surface area contributed by atoms with E-state index in [-0.39, 0.29) is 23.2 Å². The molecular formula is C20H25FN2O5S. The normalized spacial score (nSPS) is 12.3. The van der Waals surface area contributed by atoms with Crippen LogP contribution in [-0.4, -0.2) is 47.2 Å². The van der Waals surface area contributed by atoms with E-state index in [1.54, 1.807) is 19.1 Å². The van der Waals surface area contributed by atoms with E-state index >= 15 is 0 Å². The molecule has 0 spiro atoms. The molecule has 29 heavy (non-hydrogen) atoms. The lowest BCUT2D eigenvalue weighted by molar-refractivity contribution is -0.120. The maximum absolute atomic E-state index is 13.3. The number of anilines is 1. The number of hydrogen-bond donors (Lipinski definition) is 1. The van der Waals surface area contributed by atoms with Crippen molar-refractivity contribution >= 4 is 21.6 Å². The maximum Gasteiger partial charge on any atom is 0.264 e. The minimum atomic E-state index is -4.08. The molecule has 0 radical (unpaired) electrons. The van der Waals surface area contributed by atoms with Crippen LogP contribution < -0.4 is 14.4 Å². The Bertz CT molecular complexity index is 901. The van der Waals surface area contributed by atoms with Crippen molar-refractivity contribution in [3.05, 3.63) is 54.3 Å². The van der Waals surface area contributed by atoms with Crippen molar-refractivity contribution in [2.75, 3.05) is 31.2 Å². The highest BCUT2D eigenvalue weighted by Gasteiger charge is 2.27. The van der Waals surface area contributed by atoms with E-state index in [1.165, 1.54) is 31.4 Å². The van der Waals surface area contributed by atoms with E-state index in [9.17, 15) is 17.6 Å². The van der Waals surface area contributed by atoms with Gasteiger partial charge in [0.1, 0.15) is 18.1 Å². The molecule has 2 aromatic rings. The van der Waals surface area contributed by atoms with Crippen LogP contribution in [0.5, 0.6) is 5.75 Å². The fraction of sp³-hybridized carbons (Fsp3) is 0.350. The highest BCUT2D eigenvalue weighted by Crippen LogP contribution is 2.25. The van der Waals surface area contributed by atoms with Gasteiger partial charge in [0.2, 0.25) is 5.91 Å². The molecule has 1 N–H and O–H groups in total. The number of nitrogens with zero attached hydrogens (tertiary/aromatic N) is 1. The molecule has 1 atom stereocenters. The van der Waals surface area contributed by atoms with Gasteiger partial charge in [0, 0.05) is 13.2 Å². The molecule has 0 heterocycles. The second kappa shape index (κ2) is 10.2. The molecule has 0 unspecified atom stereocenters. The maximum atomic E-state index is 13.3. The summed E-state index contributed by atoms with van der Waals surface area (Å²) in [5, 5.41) is 2.68. The lowest BCUT2D eigenvalue weighted by Crippen LogP contribution is -2.44. The third-order valence-corrected chi connectivity index (χ3v) is 5.74. The number of sulfonamides is 1. The van der Waals surface area contributed by atoms with Gasteiger partial charge in [-0.2, -0.15) is 0 Å². The first kappa shape index (κ1) is 22.6. The Morgan fingerprint density at radius 2 is 1.76 bits per heavy atom. The van der Waals surface area contributed by atoms with Gasteiger partial charge in [-0.15, -0.1) is 0 Å². The van der Waals surface area contributed by atoms with E-state index < -0.39 is 28.3 Å². The van der Waals surface area contributed by atoms with E-state index in [2.05, 4.69) is 5.32 Å². The van der Waals surface area contributed by atoms with E-state index in [4.69, 9.17) is 9.47 Å². The Balaban J connectivity index is 2.35. The molecule has 2 rings (SSSR count). The largest absolute Gasteiger partial charge is 0.494 e. The molecule has 0 aromatic heterocycles. The summed E-state index contributed by atoms with van der Waals surface area (Å²) in [5.74, 6) is -0.482. The minimum absolute atomic E-state index is 0.0111. The molecule has 0 aliphatic carbocycles. The Hall–Kier alpha value is -2.65. The van der Waals surface area contributed by atoms with Gasteiger partial charge in [-0.05, 0) is 62.4 Å². The van der Waals surface area contributed by atoms with Crippen LogP contribution in [0.4, 0.5) is 10.1 Å². The summed E-state index contributed by atoms with van der Waals surface area (Å²) in [7, 11) is -2.57. The van der Waals surface area contributed by atoms with Crippen LogP contribution >= 0.6 is 0 Å². The number of carbonyl (C=O) groups is 1. The van der Waals surface area contributed by atoms with Crippen molar-refractivity contribution in [1.82, 2.24) is 5.32 Å². The van der Waals surface area contributed by atoms with Crippen LogP contribution in [0, 0.1) is 5.82 Å². The fourth-order valence-electron chi connectivity index (χ4n) is 2.67. The SMILES string of the molecule is CCOc1ccc(S(=O)(=O)N(CC(=O)N[C@@H](C)COC)c2ccc(F)cc2)cc1. The zero-order valence-electron chi connectivity index (χ0n) is 16.6. The van der Waals surface area contributed by atoms with E-state index in [0.717, 1.165) is 16.4 Å². The van der Waals surface area contributed by atoms with Crippen molar-refractivity contribution in [2.24, 2.45) is 0 Å². The minimum Gasteiger partial charge on any atom is -0.494 e. The second-order valence-electron chi connectivity index (χ2n) is 6.32. The highest BCUT2D eigenvalue weighted by molar-refractivity contribution is 7.92. The standard InChI is InChI=1S/C20H25FN2O5S/c1-4-28-18-9-11-19(12-10-18)29(25,26)23(17-7-5-16(21)6-8-17)13-20(24)22-15(2)14-27-3/h5-12,15H,4,13-14H2,1-3H3,(H,22,24)/t15-/m0/s1. The average molecular weight is 424 g/mol. The van der Waals surface area contributed by atoms with Gasteiger partial charge in [0.15, 0.2) is 0 Å². The predicted molar refractivity (Wildman–Crippen MR) is 108 cm³/mol. The zero-order chi connectivity index (χ0) is 21.4. The first-order valence-electron chi connectivity index (χ1n) is 9.07. The van der Waals surface area contributed by atoms with Crippen LogP contribution in [0.25, 0.3) is 0 Å². The highest BCUT2D eigenvalue weighted by atomic mass is 32.2. The number of nitrogens with one attached hydrogen (secondary N) is 1. The number of amides is 1. The van der Waals surface area contributed by atoms with Gasteiger partial charge in [0.05, 0.1) is 23.8 Å². The third kappa shape index (κ3) is 6.16. The molecule has 158 valence electrons. The number of halogens is 1. The summed E-state index contributed by atoms with van der Waals surface area (Å²) in [6.07, 6.45) is 0. The molecule has 0 fully saturated rings. The van der Waals surface area contributed by atoms with Crippen LogP contribution in [0.3, 0.4) is 0 Å². The number of methoxy groups -OCH3 is 1. The number of hydrogen-bond acceptors (Lipinski definition) is 5. The smallest absolute Gasteiger partial charge is 0.264 e. The lowest BCUT2D eigenvalue weighted by Gasteiger charge is -2.25. The number of ether oxygens (including phenoxy) is 2. The second-order valence-corrected chi connectivity index (χ2v) is 8.18. The quantitative estimate of drug-likeness (QED) is 0.634. The summed E-state index contributed by atoms with van der Waals surface area (Å²) in [4.78, 5) is 12.4. The van der Waals surface area contributed by atoms with Crippen molar-refractivity contribution in [2.45, 2.75) is 24.8 Å². The molecular weight excluding hydrogens is 399 g/mol. The molecule has 0 bridgehead atoms. The first-order chi connectivity index (χ1) is 13.8. The fourth-order valence-corrected chi connectivity index (χ4v) is 4.09. The molecule has 0 aliphatic heterocycles. The number of carbonyl (C=O) groups excluding carboxylic acids is 1. The summed E-state index contributed by atoms with van der Waals surface area (Å²) in [6.45, 7) is 3.84. The van der Waals surface area contributed by atoms with Gasteiger partial charge < -0.3 is 14.8 Å². The Morgan fingerprint density at radius 1 is 1.14 bits per heavy atom. The van der Waals surface area contributed by atoms with Crippen molar-refractivity contribution < 1.29 is 27.1 Å². The van der Waals surface area contributed by atoms with E-state index in [1.807, 2.05) is 6.92 Å². The van der Waals surface area contributed by atoms with Gasteiger partial charge in [-0.25, -0.2) is 12.8 Å². The summed E-state index contributed by atoms with van der Waals surface area (Å²) >= 11 is 0. The lowest BCUT2D eigenvalue weighted by atomic mass is 10.3. The van der Waals surface area contributed by atoms with Gasteiger partial charge >= 0.3 is 0 Å². The molecule has 0 aliphatic rings. The molecule has 7 nitrogen and oxygen atoms in total. The van der Waals surface area contributed by atoms with Crippen LogP contribution in [0.1, 0.15) is 13.8 Å². The monoisotopic (exact) mass is 424 g/mol. The predicted octanol–water partition coefficient (Wildman–Crippen LogP) is 2.57. The number of benzene rings is 2. The zero-order valence-corrected chi connectivity index (χ0v) is 17.4. The van der Waals surface area contributed by atoms with Crippen LogP contribution in [0.15, 0.2) is 53.4 Å². The van der Waals surface area contributed by atoms with Crippen LogP contribution in [-0.2, 0) is 19.6 Å². The van der Waals surface area contributed by atoms with Gasteiger partial charge in [-0.3, -0.25) is 9.10 Å². The van der Waals surface area contributed by atoms with Crippen molar-refractivity contribution in [3.8, 4) is 5.75 Å². The van der Waals surface area contributed by atoms with Crippen LogP contribution in [0.2, 0.25) is 0 Å².